The summed E-state index contributed by atoms with van der Waals surface area (Å²) < 4.78 is 32.1. The van der Waals surface area contributed by atoms with E-state index in [1.165, 1.54) is 28.8 Å². The largest absolute Gasteiger partial charge is 0.355 e. The molecule has 1 aliphatic rings. The number of aryl methyl sites for hydroxylation is 1. The van der Waals surface area contributed by atoms with E-state index in [2.05, 4.69) is 26.8 Å². The van der Waals surface area contributed by atoms with Crippen LogP contribution in [0, 0.1) is 30.4 Å². The van der Waals surface area contributed by atoms with Gasteiger partial charge in [0.15, 0.2) is 5.65 Å². The van der Waals surface area contributed by atoms with Crippen molar-refractivity contribution in [3.05, 3.63) is 76.0 Å². The lowest BCUT2D eigenvalue weighted by atomic mass is 10.0. The van der Waals surface area contributed by atoms with Crippen molar-refractivity contribution >= 4 is 22.8 Å². The highest BCUT2D eigenvalue weighted by molar-refractivity contribution is 5.94. The number of pyridine rings is 2. The first-order valence-electron chi connectivity index (χ1n) is 13.9. The van der Waals surface area contributed by atoms with Crippen molar-refractivity contribution in [1.29, 1.82) is 0 Å². The number of amides is 1. The summed E-state index contributed by atoms with van der Waals surface area (Å²) in [5.41, 5.74) is 1.20. The number of fused-ring (bicyclic) bond motifs is 1. The number of benzene rings is 1. The summed E-state index contributed by atoms with van der Waals surface area (Å²) in [6.45, 7) is 11.9. The zero-order valence-corrected chi connectivity index (χ0v) is 24.4. The highest BCUT2D eigenvalue weighted by Gasteiger charge is 2.34. The number of carbonyl (C=O) groups is 1. The molecule has 0 spiro atoms. The molecule has 1 amide bonds. The van der Waals surface area contributed by atoms with Crippen LogP contribution in [0.4, 0.5) is 14.6 Å². The maximum Gasteiger partial charge on any atom is 0.355 e. The van der Waals surface area contributed by atoms with Crippen molar-refractivity contribution < 1.29 is 13.6 Å². The number of nitrogens with zero attached hydrogens (tertiary/aromatic N) is 6. The first-order valence-corrected chi connectivity index (χ1v) is 13.9. The SMILES string of the molecule is CC#CC(=O)N1C[C@H](C)N(c2nc(=O)n(-c3c(C)ccnc3C(C)C)c3nc(-c4ccccc4F)c(F)cc23)C[C@@H]1C. The molecule has 0 saturated carbocycles. The molecule has 216 valence electrons. The Morgan fingerprint density at radius 1 is 1.05 bits per heavy atom. The van der Waals surface area contributed by atoms with Gasteiger partial charge in [-0.25, -0.2) is 23.1 Å². The van der Waals surface area contributed by atoms with Crippen molar-refractivity contribution in [2.45, 2.75) is 59.5 Å². The molecule has 2 atom stereocenters. The molecule has 1 aliphatic heterocycles. The molecule has 5 rings (SSSR count). The quantitative estimate of drug-likeness (QED) is 0.321. The first kappa shape index (κ1) is 28.9. The number of piperazine rings is 1. The number of rotatable bonds is 4. The minimum absolute atomic E-state index is 0.0209. The Morgan fingerprint density at radius 2 is 1.79 bits per heavy atom. The second-order valence-corrected chi connectivity index (χ2v) is 10.9. The topological polar surface area (TPSA) is 84.2 Å². The van der Waals surface area contributed by atoms with Crippen LogP contribution in [0.5, 0.6) is 0 Å². The van der Waals surface area contributed by atoms with Gasteiger partial charge in [-0.15, -0.1) is 0 Å². The summed E-state index contributed by atoms with van der Waals surface area (Å²) in [7, 11) is 0. The van der Waals surface area contributed by atoms with E-state index < -0.39 is 17.3 Å². The lowest BCUT2D eigenvalue weighted by molar-refractivity contribution is -0.127. The number of aromatic nitrogens is 4. The van der Waals surface area contributed by atoms with Gasteiger partial charge < -0.3 is 9.80 Å². The zero-order valence-electron chi connectivity index (χ0n) is 24.4. The fourth-order valence-corrected chi connectivity index (χ4v) is 5.54. The molecule has 0 unspecified atom stereocenters. The highest BCUT2D eigenvalue weighted by Crippen LogP contribution is 2.34. The van der Waals surface area contributed by atoms with E-state index in [0.717, 1.165) is 5.56 Å². The summed E-state index contributed by atoms with van der Waals surface area (Å²) in [4.78, 5) is 43.8. The Kier molecular flexibility index (Phi) is 7.78. The maximum absolute atomic E-state index is 15.8. The van der Waals surface area contributed by atoms with Crippen LogP contribution in [0.3, 0.4) is 0 Å². The van der Waals surface area contributed by atoms with Gasteiger partial charge in [-0.1, -0.05) is 31.9 Å². The smallest absolute Gasteiger partial charge is 0.349 e. The van der Waals surface area contributed by atoms with E-state index in [1.54, 1.807) is 30.2 Å². The molecule has 0 radical (unpaired) electrons. The average molecular weight is 571 g/mol. The molecule has 1 fully saturated rings. The summed E-state index contributed by atoms with van der Waals surface area (Å²) in [5.74, 6) is 3.78. The third-order valence-electron chi connectivity index (χ3n) is 7.61. The summed E-state index contributed by atoms with van der Waals surface area (Å²) in [5, 5.41) is 0.289. The Labute approximate surface area is 243 Å². The van der Waals surface area contributed by atoms with Gasteiger partial charge in [0.1, 0.15) is 23.1 Å². The van der Waals surface area contributed by atoms with Gasteiger partial charge in [-0.3, -0.25) is 9.78 Å². The van der Waals surface area contributed by atoms with Gasteiger partial charge in [0.25, 0.3) is 5.91 Å². The first-order chi connectivity index (χ1) is 20.0. The Balaban J connectivity index is 1.80. The van der Waals surface area contributed by atoms with Gasteiger partial charge in [0, 0.05) is 36.9 Å². The van der Waals surface area contributed by atoms with Crippen LogP contribution in [0.2, 0.25) is 0 Å². The van der Waals surface area contributed by atoms with E-state index in [-0.39, 0.29) is 52.0 Å². The van der Waals surface area contributed by atoms with Crippen molar-refractivity contribution in [2.75, 3.05) is 18.0 Å². The number of halogens is 2. The molecular formula is C32H32F2N6O2. The molecular weight excluding hydrogens is 538 g/mol. The van der Waals surface area contributed by atoms with Gasteiger partial charge in [0.05, 0.1) is 16.8 Å². The molecule has 0 bridgehead atoms. The van der Waals surface area contributed by atoms with Crippen molar-refractivity contribution in [1.82, 2.24) is 24.4 Å². The normalized spacial score (nSPS) is 17.0. The average Bonchev–Trinajstić information content (AvgIpc) is 2.94. The lowest BCUT2D eigenvalue weighted by Gasteiger charge is -2.44. The maximum atomic E-state index is 15.8. The van der Waals surface area contributed by atoms with Crippen LogP contribution < -0.4 is 10.6 Å². The van der Waals surface area contributed by atoms with Gasteiger partial charge >= 0.3 is 5.69 Å². The summed E-state index contributed by atoms with van der Waals surface area (Å²) in [6, 6.07) is 8.33. The monoisotopic (exact) mass is 570 g/mol. The second-order valence-electron chi connectivity index (χ2n) is 10.9. The third-order valence-corrected chi connectivity index (χ3v) is 7.61. The van der Waals surface area contributed by atoms with Gasteiger partial charge in [0.2, 0.25) is 0 Å². The van der Waals surface area contributed by atoms with E-state index in [9.17, 15) is 14.0 Å². The highest BCUT2D eigenvalue weighted by atomic mass is 19.1. The van der Waals surface area contributed by atoms with Crippen molar-refractivity contribution in [3.63, 3.8) is 0 Å². The molecule has 42 heavy (non-hydrogen) atoms. The molecule has 10 heteroatoms. The number of anilines is 1. The van der Waals surface area contributed by atoms with Gasteiger partial charge in [-0.05, 0) is 69.4 Å². The minimum atomic E-state index is -0.749. The predicted molar refractivity (Wildman–Crippen MR) is 159 cm³/mol. The molecule has 8 nitrogen and oxygen atoms in total. The molecule has 4 aromatic rings. The summed E-state index contributed by atoms with van der Waals surface area (Å²) in [6.07, 6.45) is 1.67. The molecule has 0 aliphatic carbocycles. The lowest BCUT2D eigenvalue weighted by Crippen LogP contribution is -2.58. The molecule has 1 saturated heterocycles. The molecule has 3 aromatic heterocycles. The van der Waals surface area contributed by atoms with Crippen LogP contribution >= 0.6 is 0 Å². The van der Waals surface area contributed by atoms with E-state index in [4.69, 9.17) is 0 Å². The standard InChI is InChI=1S/C32H32F2N6O2/c1-7-10-26(41)38-16-21(6)39(17-20(38)5)30-23-15-25(34)28(22-11-8-9-12-24(22)33)36-31(23)40(32(42)37-30)29-19(4)13-14-35-27(29)18(2)3/h8-9,11-15,18,20-21H,16-17H2,1-6H3/t20-,21-/m0/s1. The number of hydrogen-bond donors (Lipinski definition) is 0. The van der Waals surface area contributed by atoms with E-state index >= 15 is 4.39 Å². The Morgan fingerprint density at radius 3 is 2.48 bits per heavy atom. The van der Waals surface area contributed by atoms with Crippen molar-refractivity contribution in [2.24, 2.45) is 0 Å². The Bertz CT molecular complexity index is 1820. The molecule has 1 aromatic carbocycles. The van der Waals surface area contributed by atoms with Crippen LogP contribution in [0.15, 0.2) is 47.4 Å². The molecule has 4 heterocycles. The van der Waals surface area contributed by atoms with Crippen molar-refractivity contribution in [3.8, 4) is 28.8 Å². The van der Waals surface area contributed by atoms with Crippen LogP contribution in [0.25, 0.3) is 28.0 Å². The fraction of sp³-hybridized carbons (Fsp3) is 0.344. The minimum Gasteiger partial charge on any atom is -0.349 e. The van der Waals surface area contributed by atoms with Crippen LogP contribution in [-0.2, 0) is 4.79 Å². The van der Waals surface area contributed by atoms with Gasteiger partial charge in [-0.2, -0.15) is 4.98 Å². The second kappa shape index (κ2) is 11.3. The van der Waals surface area contributed by atoms with E-state index in [0.29, 0.717) is 24.5 Å². The predicted octanol–water partition coefficient (Wildman–Crippen LogP) is 5.00. The van der Waals surface area contributed by atoms with Crippen LogP contribution in [0.1, 0.15) is 51.8 Å². The molecule has 0 N–H and O–H groups in total. The zero-order chi connectivity index (χ0) is 30.3. The third kappa shape index (κ3) is 5.00. The number of hydrogen-bond acceptors (Lipinski definition) is 6. The Hall–Kier alpha value is -4.65. The van der Waals surface area contributed by atoms with Crippen LogP contribution in [-0.4, -0.2) is 55.5 Å². The number of carbonyl (C=O) groups excluding carboxylic acids is 1. The fourth-order valence-electron chi connectivity index (χ4n) is 5.54. The summed E-state index contributed by atoms with van der Waals surface area (Å²) >= 11 is 0. The van der Waals surface area contributed by atoms with E-state index in [1.807, 2.05) is 39.5 Å².